The lowest BCUT2D eigenvalue weighted by Crippen LogP contribution is -2.60. The van der Waals surface area contributed by atoms with E-state index in [1.54, 1.807) is 19.1 Å². The van der Waals surface area contributed by atoms with Gasteiger partial charge in [-0.25, -0.2) is 4.98 Å². The molecule has 0 saturated carbocycles. The summed E-state index contributed by atoms with van der Waals surface area (Å²) in [5.41, 5.74) is -0.889. The van der Waals surface area contributed by atoms with Crippen LogP contribution in [0.2, 0.25) is 0 Å². The number of ketones is 1. The van der Waals surface area contributed by atoms with Crippen molar-refractivity contribution in [2.75, 3.05) is 31.9 Å². The number of ether oxygens (including phenoxy) is 2. The van der Waals surface area contributed by atoms with E-state index in [0.717, 1.165) is 5.56 Å². The first-order valence-corrected chi connectivity index (χ1v) is 14.0. The summed E-state index contributed by atoms with van der Waals surface area (Å²) >= 11 is 3.08. The van der Waals surface area contributed by atoms with Crippen molar-refractivity contribution < 1.29 is 33.8 Å². The zero-order valence-electron chi connectivity index (χ0n) is 21.7. The molecule has 3 amide bonds. The SMILES string of the molecule is COC[C@H](NC(=O)c1cnc(C)s1)C(=O)N[C@@H](COC)C(=O)N[C@@H](Cc1ccccc1)C(=O)[C@](C)(O)CI. The van der Waals surface area contributed by atoms with E-state index >= 15 is 0 Å². The molecular weight excluding hydrogens is 627 g/mol. The van der Waals surface area contributed by atoms with Gasteiger partial charge in [-0.3, -0.25) is 19.2 Å². The fourth-order valence-corrected chi connectivity index (χ4v) is 4.50. The minimum Gasteiger partial charge on any atom is -0.382 e. The van der Waals surface area contributed by atoms with Crippen molar-refractivity contribution in [2.24, 2.45) is 0 Å². The maximum atomic E-state index is 13.2. The van der Waals surface area contributed by atoms with Crippen LogP contribution in [0.3, 0.4) is 0 Å². The summed E-state index contributed by atoms with van der Waals surface area (Å²) in [6.07, 6.45) is 1.55. The Morgan fingerprint density at radius 1 is 1.00 bits per heavy atom. The van der Waals surface area contributed by atoms with Gasteiger partial charge in [0.1, 0.15) is 22.6 Å². The summed E-state index contributed by atoms with van der Waals surface area (Å²) < 4.78 is 10.3. The van der Waals surface area contributed by atoms with Gasteiger partial charge in [-0.1, -0.05) is 52.9 Å². The van der Waals surface area contributed by atoms with E-state index in [2.05, 4.69) is 20.9 Å². The highest BCUT2D eigenvalue weighted by atomic mass is 127. The number of hydrogen-bond donors (Lipinski definition) is 4. The largest absolute Gasteiger partial charge is 0.382 e. The average molecular weight is 661 g/mol. The summed E-state index contributed by atoms with van der Waals surface area (Å²) in [6.45, 7) is 2.80. The van der Waals surface area contributed by atoms with Crippen molar-refractivity contribution >= 4 is 57.4 Å². The van der Waals surface area contributed by atoms with Gasteiger partial charge in [0.25, 0.3) is 5.91 Å². The second-order valence-electron chi connectivity index (χ2n) is 8.76. The molecule has 1 aromatic carbocycles. The summed E-state index contributed by atoms with van der Waals surface area (Å²) in [5, 5.41) is 19.1. The lowest BCUT2D eigenvalue weighted by Gasteiger charge is -2.28. The molecule has 1 aromatic heterocycles. The van der Waals surface area contributed by atoms with Gasteiger partial charge in [-0.15, -0.1) is 11.3 Å². The molecule has 0 aliphatic heterocycles. The highest BCUT2D eigenvalue weighted by Crippen LogP contribution is 2.15. The number of alkyl halides is 1. The van der Waals surface area contributed by atoms with Crippen molar-refractivity contribution in [1.82, 2.24) is 20.9 Å². The Kier molecular flexibility index (Phi) is 12.7. The smallest absolute Gasteiger partial charge is 0.263 e. The molecule has 1 heterocycles. The van der Waals surface area contributed by atoms with Crippen molar-refractivity contribution in [1.29, 1.82) is 0 Å². The van der Waals surface area contributed by atoms with Gasteiger partial charge >= 0.3 is 0 Å². The second kappa shape index (κ2) is 15.2. The molecule has 0 spiro atoms. The van der Waals surface area contributed by atoms with Crippen molar-refractivity contribution in [3.63, 3.8) is 0 Å². The lowest BCUT2D eigenvalue weighted by atomic mass is 9.92. The van der Waals surface area contributed by atoms with Gasteiger partial charge < -0.3 is 30.5 Å². The molecule has 0 aliphatic carbocycles. The molecule has 4 atom stereocenters. The lowest BCUT2D eigenvalue weighted by molar-refractivity contribution is -0.139. The van der Waals surface area contributed by atoms with Crippen LogP contribution in [0.25, 0.3) is 0 Å². The number of aryl methyl sites for hydroxylation is 1. The van der Waals surface area contributed by atoms with E-state index in [-0.39, 0.29) is 24.1 Å². The Morgan fingerprint density at radius 3 is 2.05 bits per heavy atom. The second-order valence-corrected chi connectivity index (χ2v) is 10.8. The standard InChI is InChI=1S/C25H33IN4O7S/c1-15-27-11-20(38-15)24(34)30-19(13-37-4)23(33)29-18(12-36-3)22(32)28-17(21(31)25(2,35)14-26)10-16-8-6-5-7-9-16/h5-9,11,17-19,35H,10,12-14H2,1-4H3,(H,28,32)(H,29,33)(H,30,34)/t17-,18-,19-,25+/m0/s1. The average Bonchev–Trinajstić information content (AvgIpc) is 3.34. The van der Waals surface area contributed by atoms with Crippen LogP contribution in [0.1, 0.15) is 27.2 Å². The van der Waals surface area contributed by atoms with Crippen LogP contribution < -0.4 is 16.0 Å². The zero-order valence-corrected chi connectivity index (χ0v) is 24.6. The first-order valence-electron chi connectivity index (χ1n) is 11.7. The Balaban J connectivity index is 2.18. The molecule has 0 unspecified atom stereocenters. The van der Waals surface area contributed by atoms with Crippen molar-refractivity contribution in [3.05, 3.63) is 52.0 Å². The molecule has 13 heteroatoms. The van der Waals surface area contributed by atoms with Gasteiger partial charge in [-0.2, -0.15) is 0 Å². The zero-order chi connectivity index (χ0) is 28.3. The highest BCUT2D eigenvalue weighted by Gasteiger charge is 2.37. The van der Waals surface area contributed by atoms with Gasteiger partial charge in [0, 0.05) is 18.6 Å². The number of nitrogens with one attached hydrogen (secondary N) is 3. The van der Waals surface area contributed by atoms with E-state index in [1.165, 1.54) is 38.7 Å². The predicted octanol–water partition coefficient (Wildman–Crippen LogP) is 0.810. The third-order valence-corrected chi connectivity index (χ3v) is 7.87. The fourth-order valence-electron chi connectivity index (χ4n) is 3.44. The number of halogens is 1. The van der Waals surface area contributed by atoms with Gasteiger partial charge in [0.05, 0.1) is 30.5 Å². The first-order chi connectivity index (χ1) is 18.0. The number of rotatable bonds is 15. The number of carbonyl (C=O) groups excluding carboxylic acids is 4. The highest BCUT2D eigenvalue weighted by molar-refractivity contribution is 14.1. The van der Waals surface area contributed by atoms with E-state index in [0.29, 0.717) is 9.88 Å². The third kappa shape index (κ3) is 9.38. The maximum absolute atomic E-state index is 13.2. The number of aliphatic hydroxyl groups is 1. The number of benzene rings is 1. The molecule has 0 fully saturated rings. The molecule has 2 aromatic rings. The Bertz CT molecular complexity index is 1100. The fraction of sp³-hybridized carbons (Fsp3) is 0.480. The molecule has 11 nitrogen and oxygen atoms in total. The summed E-state index contributed by atoms with van der Waals surface area (Å²) in [5.74, 6) is -2.42. The van der Waals surface area contributed by atoms with E-state index < -0.39 is 47.2 Å². The first kappa shape index (κ1) is 31.8. The van der Waals surface area contributed by atoms with Crippen LogP contribution in [0.5, 0.6) is 0 Å². The Labute approximate surface area is 239 Å². The molecule has 208 valence electrons. The molecule has 38 heavy (non-hydrogen) atoms. The number of nitrogens with zero attached hydrogens (tertiary/aromatic N) is 1. The van der Waals surface area contributed by atoms with Crippen LogP contribution in [0.4, 0.5) is 0 Å². The van der Waals surface area contributed by atoms with Crippen LogP contribution in [-0.4, -0.2) is 89.2 Å². The molecule has 0 saturated heterocycles. The predicted molar refractivity (Wildman–Crippen MR) is 150 cm³/mol. The number of aromatic nitrogens is 1. The van der Waals surface area contributed by atoms with Gasteiger partial charge in [-0.05, 0) is 25.8 Å². The minimum atomic E-state index is -1.67. The maximum Gasteiger partial charge on any atom is 0.263 e. The van der Waals surface area contributed by atoms with Crippen LogP contribution in [0, 0.1) is 6.92 Å². The quantitative estimate of drug-likeness (QED) is 0.162. The topological polar surface area (TPSA) is 156 Å². The molecule has 0 aliphatic rings. The molecular formula is C25H33IN4O7S. The summed E-state index contributed by atoms with van der Waals surface area (Å²) in [4.78, 5) is 56.4. The van der Waals surface area contributed by atoms with Crippen molar-refractivity contribution in [2.45, 2.75) is 44.0 Å². The molecule has 0 bridgehead atoms. The van der Waals surface area contributed by atoms with E-state index in [4.69, 9.17) is 9.47 Å². The normalized spacial score (nSPS) is 15.0. The van der Waals surface area contributed by atoms with E-state index in [1.807, 2.05) is 40.8 Å². The number of Topliss-reactive ketones (excluding diaryl/α,β-unsaturated/α-hetero) is 1. The molecule has 4 N–H and O–H groups in total. The third-order valence-electron chi connectivity index (χ3n) is 5.47. The van der Waals surface area contributed by atoms with Gasteiger partial charge in [0.2, 0.25) is 11.8 Å². The minimum absolute atomic E-state index is 0.126. The van der Waals surface area contributed by atoms with Gasteiger partial charge in [0.15, 0.2) is 5.78 Å². The van der Waals surface area contributed by atoms with Crippen molar-refractivity contribution in [3.8, 4) is 0 Å². The molecule has 2 rings (SSSR count). The molecule has 0 radical (unpaired) electrons. The number of methoxy groups -OCH3 is 2. The number of hydrogen-bond acceptors (Lipinski definition) is 9. The number of thiazole rings is 1. The number of amides is 3. The summed E-state index contributed by atoms with van der Waals surface area (Å²) in [6, 6.07) is 5.70. The monoisotopic (exact) mass is 660 g/mol. The van der Waals surface area contributed by atoms with E-state index in [9.17, 15) is 24.3 Å². The Morgan fingerprint density at radius 2 is 1.55 bits per heavy atom. The van der Waals surface area contributed by atoms with Crippen LogP contribution >= 0.6 is 33.9 Å². The number of carbonyl (C=O) groups is 4. The van der Waals surface area contributed by atoms with Crippen LogP contribution in [0.15, 0.2) is 36.5 Å². The Hall–Kier alpha value is -2.46. The summed E-state index contributed by atoms with van der Waals surface area (Å²) in [7, 11) is 2.74. The van der Waals surface area contributed by atoms with Crippen LogP contribution in [-0.2, 0) is 30.3 Å².